The Hall–Kier alpha value is -1.54. The molecule has 0 bridgehead atoms. The van der Waals surface area contributed by atoms with E-state index in [2.05, 4.69) is 0 Å². The van der Waals surface area contributed by atoms with Gasteiger partial charge < -0.3 is 5.11 Å². The Balaban J connectivity index is 0.00000254. The van der Waals surface area contributed by atoms with Gasteiger partial charge in [0.05, 0.1) is 5.41 Å². The summed E-state index contributed by atoms with van der Waals surface area (Å²) in [6, 6.07) is 4.08. The van der Waals surface area contributed by atoms with Crippen molar-refractivity contribution in [3.8, 4) is 0 Å². The highest BCUT2D eigenvalue weighted by molar-refractivity contribution is 7.00. The second-order valence-electron chi connectivity index (χ2n) is 6.62. The van der Waals surface area contributed by atoms with Gasteiger partial charge in [-0.2, -0.15) is 0 Å². The molecular weight excluding hydrogens is 323 g/mol. The summed E-state index contributed by atoms with van der Waals surface area (Å²) >= 11 is 0. The summed E-state index contributed by atoms with van der Waals surface area (Å²) in [5.41, 5.74) is 3.41. The van der Waals surface area contributed by atoms with Gasteiger partial charge in [-0.1, -0.05) is 31.0 Å². The molecule has 1 N–H and O–H groups in total. The molecule has 1 unspecified atom stereocenters. The lowest BCUT2D eigenvalue weighted by Crippen LogP contribution is -2.26. The largest absolute Gasteiger partial charge is 0.481 e. The predicted molar refractivity (Wildman–Crippen MR) is 98.5 cm³/mol. The Morgan fingerprint density at radius 3 is 2.00 bits per heavy atom. The fourth-order valence-corrected chi connectivity index (χ4v) is 2.98. The molecule has 24 heavy (non-hydrogen) atoms. The summed E-state index contributed by atoms with van der Waals surface area (Å²) in [7, 11) is 1.72. The van der Waals surface area contributed by atoms with Crippen LogP contribution < -0.4 is 0 Å². The third-order valence-corrected chi connectivity index (χ3v) is 4.63. The monoisotopic (exact) mass is 352 g/mol. The average molecular weight is 352 g/mol. The molecule has 0 saturated heterocycles. The second-order valence-corrected chi connectivity index (χ2v) is 6.62. The summed E-state index contributed by atoms with van der Waals surface area (Å²) in [5, 5.41) is 9.25. The van der Waals surface area contributed by atoms with Crippen LogP contribution in [0.1, 0.15) is 73.0 Å². The molecule has 1 aromatic rings. The predicted octanol–water partition coefficient (Wildman–Crippen LogP) is 5.33. The van der Waals surface area contributed by atoms with Crippen LogP contribution in [0.2, 0.25) is 0 Å². The third kappa shape index (κ3) is 6.16. The number of unbranched alkanes of at least 4 members (excludes halogenated alkanes) is 1. The van der Waals surface area contributed by atoms with Gasteiger partial charge in [0.2, 0.25) is 0 Å². The van der Waals surface area contributed by atoms with Crippen LogP contribution in [-0.2, 0) is 9.36 Å². The van der Waals surface area contributed by atoms with Crippen molar-refractivity contribution in [2.45, 2.75) is 66.7 Å². The lowest BCUT2D eigenvalue weighted by Gasteiger charge is -2.22. The lowest BCUT2D eigenvalue weighted by molar-refractivity contribution is -0.148. The van der Waals surface area contributed by atoms with E-state index in [9.17, 15) is 14.7 Å². The van der Waals surface area contributed by atoms with E-state index in [0.717, 1.165) is 29.5 Å². The smallest absolute Gasteiger partial charge is 0.309 e. The number of Topliss-reactive ketones (excluding diaryl/α,β-unsaturated/α-hetero) is 1. The molecule has 1 aromatic carbocycles. The molecule has 0 aliphatic carbocycles. The van der Waals surface area contributed by atoms with Crippen LogP contribution in [-0.4, -0.2) is 16.9 Å². The number of rotatable bonds is 8. The minimum Gasteiger partial charge on any atom is -0.481 e. The average Bonchev–Trinajstić information content (AvgIpc) is 2.52. The molecule has 0 aromatic heterocycles. The van der Waals surface area contributed by atoms with Crippen molar-refractivity contribution in [3.05, 3.63) is 34.4 Å². The van der Waals surface area contributed by atoms with E-state index in [0.29, 0.717) is 19.3 Å². The molecule has 0 aliphatic rings. The zero-order valence-corrected chi connectivity index (χ0v) is 16.4. The van der Waals surface area contributed by atoms with Crippen LogP contribution in [0.15, 0.2) is 12.1 Å². The lowest BCUT2D eigenvalue weighted by atomic mass is 9.82. The van der Waals surface area contributed by atoms with Crippen molar-refractivity contribution in [3.63, 3.8) is 0 Å². The van der Waals surface area contributed by atoms with E-state index in [-0.39, 0.29) is 5.78 Å². The minimum atomic E-state index is -0.744. The van der Waals surface area contributed by atoms with Crippen LogP contribution >= 0.6 is 9.12 Å². The number of aryl methyl sites for hydroxylation is 3. The van der Waals surface area contributed by atoms with Crippen molar-refractivity contribution in [2.75, 3.05) is 0 Å². The van der Waals surface area contributed by atoms with Gasteiger partial charge in [0.25, 0.3) is 0 Å². The van der Waals surface area contributed by atoms with E-state index in [1.165, 1.54) is 5.56 Å². The first kappa shape index (κ1) is 22.5. The quantitative estimate of drug-likeness (QED) is 0.390. The number of carbonyl (C=O) groups excluding carboxylic acids is 1. The van der Waals surface area contributed by atoms with Crippen LogP contribution in [0, 0.1) is 26.2 Å². The van der Waals surface area contributed by atoms with Gasteiger partial charge in [0.15, 0.2) is 5.78 Å². The number of carbonyl (C=O) groups is 2. The van der Waals surface area contributed by atoms with E-state index < -0.39 is 11.4 Å². The van der Waals surface area contributed by atoms with Gasteiger partial charge in [-0.3, -0.25) is 14.2 Å². The molecule has 0 radical (unpaired) electrons. The Kier molecular flexibility index (Phi) is 9.69. The van der Waals surface area contributed by atoms with Crippen LogP contribution in [0.5, 0.6) is 0 Å². The molecule has 4 nitrogen and oxygen atoms in total. The fourth-order valence-electron chi connectivity index (χ4n) is 2.98. The Morgan fingerprint density at radius 2 is 1.58 bits per heavy atom. The molecule has 0 aliphatic heterocycles. The molecule has 1 atom stereocenters. The van der Waals surface area contributed by atoms with Crippen LogP contribution in [0.3, 0.4) is 0 Å². The van der Waals surface area contributed by atoms with Gasteiger partial charge in [0, 0.05) is 12.0 Å². The van der Waals surface area contributed by atoms with E-state index >= 15 is 0 Å². The van der Waals surface area contributed by atoms with Crippen molar-refractivity contribution in [1.29, 1.82) is 0 Å². The fraction of sp³-hybridized carbons (Fsp3) is 0.579. The molecule has 0 amide bonds. The molecule has 0 fully saturated rings. The minimum absolute atomic E-state index is 0.170. The summed E-state index contributed by atoms with van der Waals surface area (Å²) in [6.45, 7) is 9.67. The molecule has 0 spiro atoms. The summed E-state index contributed by atoms with van der Waals surface area (Å²) in [4.78, 5) is 23.7. The Labute approximate surface area is 147 Å². The van der Waals surface area contributed by atoms with Crippen molar-refractivity contribution in [1.82, 2.24) is 0 Å². The Morgan fingerprint density at radius 1 is 1.08 bits per heavy atom. The van der Waals surface area contributed by atoms with Crippen molar-refractivity contribution in [2.24, 2.45) is 5.41 Å². The highest BCUT2D eigenvalue weighted by Crippen LogP contribution is 2.29. The van der Waals surface area contributed by atoms with Gasteiger partial charge in [-0.25, -0.2) is 0 Å². The Bertz CT molecular complexity index is 560. The molecule has 134 valence electrons. The highest BCUT2D eigenvalue weighted by atomic mass is 31.0. The number of aliphatic carboxylic acids is 1. The van der Waals surface area contributed by atoms with E-state index in [4.69, 9.17) is 4.57 Å². The molecule has 0 heterocycles. The normalized spacial score (nSPS) is 12.7. The highest BCUT2D eigenvalue weighted by Gasteiger charge is 2.30. The third-order valence-electron chi connectivity index (χ3n) is 4.63. The van der Waals surface area contributed by atoms with Gasteiger partial charge in [0.1, 0.15) is 9.12 Å². The molecule has 1 rings (SSSR count). The number of hydrogen-bond acceptors (Lipinski definition) is 3. The first-order chi connectivity index (χ1) is 11.2. The maximum atomic E-state index is 12.4. The van der Waals surface area contributed by atoms with Gasteiger partial charge >= 0.3 is 5.97 Å². The number of benzene rings is 1. The van der Waals surface area contributed by atoms with E-state index in [1.54, 1.807) is 16.0 Å². The summed E-state index contributed by atoms with van der Waals surface area (Å²) in [6.07, 6.45) is 3.25. The zero-order valence-electron chi connectivity index (χ0n) is 15.4. The summed E-state index contributed by atoms with van der Waals surface area (Å²) < 4.78 is 8.06. The van der Waals surface area contributed by atoms with Gasteiger partial charge in [-0.05, 0) is 58.1 Å². The molecule has 0 saturated carbocycles. The topological polar surface area (TPSA) is 71.4 Å². The van der Waals surface area contributed by atoms with Crippen molar-refractivity contribution >= 4 is 20.9 Å². The van der Waals surface area contributed by atoms with Gasteiger partial charge in [-0.15, -0.1) is 0 Å². The number of carboxylic acids is 1. The summed E-state index contributed by atoms with van der Waals surface area (Å²) in [5.74, 6) is -0.574. The number of hydrogen-bond donors (Lipinski definition) is 1. The van der Waals surface area contributed by atoms with E-state index in [1.807, 2.05) is 39.8 Å². The maximum Gasteiger partial charge on any atom is 0.309 e. The molecule has 5 heteroatoms. The van der Waals surface area contributed by atoms with Crippen LogP contribution in [0.4, 0.5) is 0 Å². The zero-order chi connectivity index (χ0) is 18.9. The van der Waals surface area contributed by atoms with Crippen molar-refractivity contribution < 1.29 is 19.3 Å². The molecular formula is C19H29O4P. The first-order valence-electron chi connectivity index (χ1n) is 8.26. The number of carboxylic acid groups (broad SMARTS) is 1. The van der Waals surface area contributed by atoms with Crippen LogP contribution in [0.25, 0.3) is 0 Å². The maximum absolute atomic E-state index is 12.4. The number of ketones is 1. The first-order valence-corrected chi connectivity index (χ1v) is 8.67. The SMILES string of the molecule is CCC(C)(CCCCC(=O)c1c(C)cc(C)cc1C)C(=O)O.O=P. The standard InChI is InChI=1S/C19H28O3.HOP/c1-6-19(5,18(21)22)10-8-7-9-16(20)17-14(3)11-13(2)12-15(17)4;1-2/h11-12H,6-10H2,1-5H3,(H,21,22);2H. The second kappa shape index (κ2) is 10.4.